The van der Waals surface area contributed by atoms with Crippen LogP contribution in [0.15, 0.2) is 24.3 Å². The predicted octanol–water partition coefficient (Wildman–Crippen LogP) is 2.02. The average molecular weight is 295 g/mol. The monoisotopic (exact) mass is 295 g/mol. The summed E-state index contributed by atoms with van der Waals surface area (Å²) in [5.74, 6) is 0.144. The molecule has 8 heteroatoms. The van der Waals surface area contributed by atoms with E-state index in [4.69, 9.17) is 5.73 Å². The lowest BCUT2D eigenvalue weighted by Crippen LogP contribution is -2.28. The standard InChI is InChI=1S/C12H14FN5OS/c1-7(14)10-16-12(20-18-10)17-11(19)15-6-8-3-2-4-9(13)5-8/h2-5,7H,6,14H2,1H3,(H2,15,16,17,18,19). The van der Waals surface area contributed by atoms with Gasteiger partial charge in [-0.05, 0) is 24.6 Å². The van der Waals surface area contributed by atoms with Gasteiger partial charge in [-0.1, -0.05) is 12.1 Å². The number of hydrogen-bond donors (Lipinski definition) is 3. The Kier molecular flexibility index (Phi) is 4.59. The van der Waals surface area contributed by atoms with Crippen LogP contribution in [-0.4, -0.2) is 15.4 Å². The van der Waals surface area contributed by atoms with Crippen LogP contribution in [-0.2, 0) is 6.54 Å². The summed E-state index contributed by atoms with van der Waals surface area (Å²) >= 11 is 1.06. The van der Waals surface area contributed by atoms with Gasteiger partial charge in [0.25, 0.3) is 0 Å². The summed E-state index contributed by atoms with van der Waals surface area (Å²) in [5.41, 5.74) is 6.30. The Labute approximate surface area is 119 Å². The number of nitrogens with zero attached hydrogens (tertiary/aromatic N) is 2. The van der Waals surface area contributed by atoms with Crippen molar-refractivity contribution >= 4 is 22.7 Å². The van der Waals surface area contributed by atoms with E-state index in [1.165, 1.54) is 12.1 Å². The molecule has 0 bridgehead atoms. The number of benzene rings is 1. The second kappa shape index (κ2) is 6.40. The number of halogens is 1. The van der Waals surface area contributed by atoms with Crippen molar-refractivity contribution in [2.45, 2.75) is 19.5 Å². The van der Waals surface area contributed by atoms with Gasteiger partial charge in [-0.3, -0.25) is 5.32 Å². The lowest BCUT2D eigenvalue weighted by molar-refractivity contribution is 0.251. The molecule has 2 aromatic rings. The van der Waals surface area contributed by atoms with Crippen molar-refractivity contribution in [1.29, 1.82) is 0 Å². The van der Waals surface area contributed by atoms with Crippen LogP contribution in [0.4, 0.5) is 14.3 Å². The molecule has 2 amide bonds. The van der Waals surface area contributed by atoms with Crippen molar-refractivity contribution in [3.8, 4) is 0 Å². The van der Waals surface area contributed by atoms with Crippen LogP contribution in [0.3, 0.4) is 0 Å². The van der Waals surface area contributed by atoms with E-state index in [0.29, 0.717) is 16.5 Å². The van der Waals surface area contributed by atoms with Gasteiger partial charge in [0.05, 0.1) is 6.04 Å². The zero-order chi connectivity index (χ0) is 14.5. The molecule has 0 spiro atoms. The molecular weight excluding hydrogens is 281 g/mol. The Hall–Kier alpha value is -2.06. The highest BCUT2D eigenvalue weighted by atomic mass is 32.1. The summed E-state index contributed by atoms with van der Waals surface area (Å²) in [4.78, 5) is 15.7. The van der Waals surface area contributed by atoms with Crippen LogP contribution >= 0.6 is 11.5 Å². The smallest absolute Gasteiger partial charge is 0.321 e. The van der Waals surface area contributed by atoms with Crippen molar-refractivity contribution in [2.24, 2.45) is 5.73 Å². The molecule has 2 rings (SSSR count). The third kappa shape index (κ3) is 3.97. The number of nitrogens with one attached hydrogen (secondary N) is 2. The van der Waals surface area contributed by atoms with E-state index < -0.39 is 6.03 Å². The minimum Gasteiger partial charge on any atom is -0.334 e. The number of urea groups is 1. The van der Waals surface area contributed by atoms with Gasteiger partial charge in [0.1, 0.15) is 5.82 Å². The van der Waals surface area contributed by atoms with Crippen LogP contribution in [0.5, 0.6) is 0 Å². The SMILES string of the molecule is CC(N)c1nsc(NC(=O)NCc2cccc(F)c2)n1. The van der Waals surface area contributed by atoms with Gasteiger partial charge < -0.3 is 11.1 Å². The first-order valence-electron chi connectivity index (χ1n) is 5.93. The van der Waals surface area contributed by atoms with Gasteiger partial charge in [-0.15, -0.1) is 0 Å². The highest BCUT2D eigenvalue weighted by molar-refractivity contribution is 7.09. The Morgan fingerprint density at radius 3 is 3.00 bits per heavy atom. The summed E-state index contributed by atoms with van der Waals surface area (Å²) in [7, 11) is 0. The van der Waals surface area contributed by atoms with Gasteiger partial charge >= 0.3 is 6.03 Å². The molecule has 1 aromatic heterocycles. The zero-order valence-corrected chi connectivity index (χ0v) is 11.6. The summed E-state index contributed by atoms with van der Waals surface area (Å²) in [5, 5.41) is 5.52. The number of aromatic nitrogens is 2. The summed E-state index contributed by atoms with van der Waals surface area (Å²) < 4.78 is 17.0. The van der Waals surface area contributed by atoms with E-state index in [2.05, 4.69) is 20.0 Å². The molecular formula is C12H14FN5OS. The molecule has 4 N–H and O–H groups in total. The van der Waals surface area contributed by atoms with Crippen molar-refractivity contribution in [3.05, 3.63) is 41.5 Å². The molecule has 0 fully saturated rings. The molecule has 0 aliphatic carbocycles. The maximum absolute atomic E-state index is 13.0. The molecule has 1 atom stereocenters. The second-order valence-electron chi connectivity index (χ2n) is 4.18. The molecule has 1 unspecified atom stereocenters. The fourth-order valence-electron chi connectivity index (χ4n) is 1.44. The Balaban J connectivity index is 1.86. The molecule has 6 nitrogen and oxygen atoms in total. The minimum absolute atomic E-state index is 0.225. The predicted molar refractivity (Wildman–Crippen MR) is 74.8 cm³/mol. The molecule has 1 heterocycles. The van der Waals surface area contributed by atoms with Crippen LogP contribution in [0, 0.1) is 5.82 Å². The van der Waals surface area contributed by atoms with E-state index in [-0.39, 0.29) is 18.4 Å². The maximum atomic E-state index is 13.0. The fourth-order valence-corrected chi connectivity index (χ4v) is 2.10. The third-order valence-corrected chi connectivity index (χ3v) is 3.06. The summed E-state index contributed by atoms with van der Waals surface area (Å²) in [6.45, 7) is 1.98. The van der Waals surface area contributed by atoms with Crippen molar-refractivity contribution in [2.75, 3.05) is 5.32 Å². The molecule has 0 radical (unpaired) electrons. The highest BCUT2D eigenvalue weighted by Gasteiger charge is 2.10. The van der Waals surface area contributed by atoms with Crippen molar-refractivity contribution in [3.63, 3.8) is 0 Å². The van der Waals surface area contributed by atoms with Crippen LogP contribution in [0.2, 0.25) is 0 Å². The topological polar surface area (TPSA) is 92.9 Å². The number of rotatable bonds is 4. The minimum atomic E-state index is -0.429. The van der Waals surface area contributed by atoms with E-state index in [0.717, 1.165) is 11.5 Å². The van der Waals surface area contributed by atoms with Gasteiger partial charge in [-0.25, -0.2) is 14.2 Å². The molecule has 0 saturated heterocycles. The van der Waals surface area contributed by atoms with Crippen molar-refractivity contribution in [1.82, 2.24) is 14.7 Å². The lowest BCUT2D eigenvalue weighted by Gasteiger charge is -2.05. The van der Waals surface area contributed by atoms with E-state index >= 15 is 0 Å². The quantitative estimate of drug-likeness (QED) is 0.804. The largest absolute Gasteiger partial charge is 0.334 e. The van der Waals surface area contributed by atoms with Gasteiger partial charge in [0.15, 0.2) is 5.82 Å². The number of nitrogens with two attached hydrogens (primary N) is 1. The second-order valence-corrected chi connectivity index (χ2v) is 4.94. The third-order valence-electron chi connectivity index (χ3n) is 2.41. The molecule has 0 aliphatic heterocycles. The normalized spacial score (nSPS) is 11.9. The molecule has 20 heavy (non-hydrogen) atoms. The van der Waals surface area contributed by atoms with E-state index in [1.54, 1.807) is 19.1 Å². The Bertz CT molecular complexity index is 601. The maximum Gasteiger partial charge on any atom is 0.321 e. The van der Waals surface area contributed by atoms with Crippen LogP contribution < -0.4 is 16.4 Å². The van der Waals surface area contributed by atoms with Gasteiger partial charge in [-0.2, -0.15) is 4.37 Å². The summed E-state index contributed by atoms with van der Waals surface area (Å²) in [6.07, 6.45) is 0. The van der Waals surface area contributed by atoms with Gasteiger partial charge in [0, 0.05) is 18.1 Å². The number of carbonyl (C=O) groups is 1. The molecule has 106 valence electrons. The van der Waals surface area contributed by atoms with Gasteiger partial charge in [0.2, 0.25) is 5.13 Å². The lowest BCUT2D eigenvalue weighted by atomic mass is 10.2. The average Bonchev–Trinajstić information content (AvgIpc) is 2.85. The molecule has 1 aromatic carbocycles. The fraction of sp³-hybridized carbons (Fsp3) is 0.250. The number of hydrogen-bond acceptors (Lipinski definition) is 5. The Morgan fingerprint density at radius 1 is 1.55 bits per heavy atom. The van der Waals surface area contributed by atoms with E-state index in [1.807, 2.05) is 0 Å². The zero-order valence-electron chi connectivity index (χ0n) is 10.8. The Morgan fingerprint density at radius 2 is 2.35 bits per heavy atom. The molecule has 0 aliphatic rings. The highest BCUT2D eigenvalue weighted by Crippen LogP contribution is 2.14. The number of anilines is 1. The number of carbonyl (C=O) groups excluding carboxylic acids is 1. The van der Waals surface area contributed by atoms with E-state index in [9.17, 15) is 9.18 Å². The number of amides is 2. The van der Waals surface area contributed by atoms with Crippen LogP contribution in [0.25, 0.3) is 0 Å². The molecule has 0 saturated carbocycles. The van der Waals surface area contributed by atoms with Crippen LogP contribution in [0.1, 0.15) is 24.4 Å². The first-order chi connectivity index (χ1) is 9.54. The summed E-state index contributed by atoms with van der Waals surface area (Å²) in [6, 6.07) is 5.31. The van der Waals surface area contributed by atoms with Crippen molar-refractivity contribution < 1.29 is 9.18 Å². The first-order valence-corrected chi connectivity index (χ1v) is 6.70. The first kappa shape index (κ1) is 14.4.